The summed E-state index contributed by atoms with van der Waals surface area (Å²) in [5.74, 6) is -3.03. The SMILES string of the molecule is CCOC(=O)C(Cc1csc(Nc2ccccc2)n1)(C(=O)OCC)C(=O)OCC. The Kier molecular flexibility index (Phi) is 8.14. The van der Waals surface area contributed by atoms with Gasteiger partial charge in [-0.2, -0.15) is 0 Å². The van der Waals surface area contributed by atoms with Crippen molar-refractivity contribution in [2.75, 3.05) is 25.1 Å². The lowest BCUT2D eigenvalue weighted by molar-refractivity contribution is -0.183. The zero-order valence-electron chi connectivity index (χ0n) is 16.6. The van der Waals surface area contributed by atoms with Gasteiger partial charge >= 0.3 is 17.9 Å². The third kappa shape index (κ3) is 5.32. The summed E-state index contributed by atoms with van der Waals surface area (Å²) in [5, 5.41) is 5.35. The van der Waals surface area contributed by atoms with Gasteiger partial charge in [0.1, 0.15) is 0 Å². The first-order valence-electron chi connectivity index (χ1n) is 9.26. The van der Waals surface area contributed by atoms with Gasteiger partial charge in [-0.05, 0) is 32.9 Å². The molecule has 0 aliphatic heterocycles. The van der Waals surface area contributed by atoms with Gasteiger partial charge in [0.15, 0.2) is 5.13 Å². The molecule has 0 saturated carbocycles. The van der Waals surface area contributed by atoms with E-state index < -0.39 is 23.3 Å². The first kappa shape index (κ1) is 22.4. The van der Waals surface area contributed by atoms with Gasteiger partial charge in [-0.15, -0.1) is 11.3 Å². The highest BCUT2D eigenvalue weighted by atomic mass is 32.1. The van der Waals surface area contributed by atoms with E-state index in [0.717, 1.165) is 5.69 Å². The number of nitrogens with one attached hydrogen (secondary N) is 1. The highest BCUT2D eigenvalue weighted by molar-refractivity contribution is 7.13. The van der Waals surface area contributed by atoms with E-state index in [1.54, 1.807) is 26.2 Å². The maximum absolute atomic E-state index is 12.7. The van der Waals surface area contributed by atoms with Crippen molar-refractivity contribution < 1.29 is 28.6 Å². The standard InChI is InChI=1S/C20H24N2O6S/c1-4-26-16(23)20(17(24)27-5-2,18(25)28-6-3)12-15-13-29-19(22-15)21-14-10-8-7-9-11-14/h7-11,13H,4-6,12H2,1-3H3,(H,21,22). The topological polar surface area (TPSA) is 104 Å². The van der Waals surface area contributed by atoms with E-state index in [1.165, 1.54) is 11.3 Å². The minimum atomic E-state index is -2.26. The molecule has 0 fully saturated rings. The number of thiazole rings is 1. The Bertz CT molecular complexity index is 791. The summed E-state index contributed by atoms with van der Waals surface area (Å²) in [4.78, 5) is 42.6. The summed E-state index contributed by atoms with van der Waals surface area (Å²) < 4.78 is 15.1. The zero-order valence-corrected chi connectivity index (χ0v) is 17.4. The van der Waals surface area contributed by atoms with Crippen LogP contribution in [-0.4, -0.2) is 42.7 Å². The molecule has 1 heterocycles. The monoisotopic (exact) mass is 420 g/mol. The number of esters is 3. The Balaban J connectivity index is 2.36. The van der Waals surface area contributed by atoms with Crippen LogP contribution in [0.1, 0.15) is 26.5 Å². The Morgan fingerprint density at radius 2 is 1.45 bits per heavy atom. The van der Waals surface area contributed by atoms with Gasteiger partial charge in [-0.1, -0.05) is 18.2 Å². The van der Waals surface area contributed by atoms with Crippen molar-refractivity contribution in [3.63, 3.8) is 0 Å². The Morgan fingerprint density at radius 1 is 0.931 bits per heavy atom. The molecule has 1 aromatic heterocycles. The Morgan fingerprint density at radius 3 is 1.93 bits per heavy atom. The predicted molar refractivity (Wildman–Crippen MR) is 108 cm³/mol. The van der Waals surface area contributed by atoms with Crippen LogP contribution in [0, 0.1) is 5.41 Å². The minimum Gasteiger partial charge on any atom is -0.465 e. The molecule has 0 atom stereocenters. The van der Waals surface area contributed by atoms with Crippen LogP contribution in [0.25, 0.3) is 0 Å². The molecule has 2 aromatic rings. The lowest BCUT2D eigenvalue weighted by Crippen LogP contribution is -2.51. The number of rotatable bonds is 10. The molecule has 0 spiro atoms. The van der Waals surface area contributed by atoms with Gasteiger partial charge in [0.2, 0.25) is 0 Å². The number of ether oxygens (including phenoxy) is 3. The lowest BCUT2D eigenvalue weighted by atomic mass is 9.83. The van der Waals surface area contributed by atoms with Crippen molar-refractivity contribution in [2.24, 2.45) is 5.41 Å². The molecule has 1 N–H and O–H groups in total. The number of para-hydroxylation sites is 1. The summed E-state index contributed by atoms with van der Waals surface area (Å²) in [6, 6.07) is 9.40. The molecule has 0 aliphatic carbocycles. The maximum atomic E-state index is 12.7. The zero-order chi connectivity index (χ0) is 21.3. The normalized spacial score (nSPS) is 10.9. The first-order chi connectivity index (χ1) is 14.0. The fraction of sp³-hybridized carbons (Fsp3) is 0.400. The van der Waals surface area contributed by atoms with Crippen LogP contribution in [-0.2, 0) is 35.0 Å². The molecule has 0 radical (unpaired) electrons. The molecule has 0 aliphatic rings. The Labute approximate surface area is 173 Å². The van der Waals surface area contributed by atoms with Crippen molar-refractivity contribution in [3.8, 4) is 0 Å². The predicted octanol–water partition coefficient (Wildman–Crippen LogP) is 3.10. The second-order valence-corrected chi connectivity index (χ2v) is 6.74. The summed E-state index contributed by atoms with van der Waals surface area (Å²) in [7, 11) is 0. The van der Waals surface area contributed by atoms with Crippen molar-refractivity contribution in [1.82, 2.24) is 4.98 Å². The van der Waals surface area contributed by atoms with E-state index in [0.29, 0.717) is 10.8 Å². The molecular formula is C20H24N2O6S. The molecule has 0 saturated heterocycles. The summed E-state index contributed by atoms with van der Waals surface area (Å²) in [6.45, 7) is 4.75. The van der Waals surface area contributed by atoms with Gasteiger partial charge in [0, 0.05) is 17.5 Å². The van der Waals surface area contributed by atoms with E-state index in [9.17, 15) is 14.4 Å². The maximum Gasteiger partial charge on any atom is 0.335 e. The van der Waals surface area contributed by atoms with E-state index >= 15 is 0 Å². The minimum absolute atomic E-state index is 0.00271. The van der Waals surface area contributed by atoms with Gasteiger partial charge < -0.3 is 19.5 Å². The number of anilines is 2. The highest BCUT2D eigenvalue weighted by Crippen LogP contribution is 2.31. The molecule has 9 heteroatoms. The summed E-state index contributed by atoms with van der Waals surface area (Å²) in [5.41, 5.74) is -1.07. The number of carbonyl (C=O) groups is 3. The third-order valence-electron chi connectivity index (χ3n) is 3.89. The van der Waals surface area contributed by atoms with Crippen molar-refractivity contribution in [3.05, 3.63) is 41.4 Å². The number of nitrogens with zero attached hydrogens (tertiary/aromatic N) is 1. The first-order valence-corrected chi connectivity index (χ1v) is 10.1. The molecular weight excluding hydrogens is 396 g/mol. The van der Waals surface area contributed by atoms with Crippen molar-refractivity contribution in [2.45, 2.75) is 27.2 Å². The molecule has 2 rings (SSSR count). The van der Waals surface area contributed by atoms with Crippen LogP contribution in [0.3, 0.4) is 0 Å². The summed E-state index contributed by atoms with van der Waals surface area (Å²) in [6.07, 6.45) is -0.323. The van der Waals surface area contributed by atoms with Gasteiger partial charge in [-0.25, -0.2) is 4.98 Å². The fourth-order valence-corrected chi connectivity index (χ4v) is 3.32. The van der Waals surface area contributed by atoms with Crippen LogP contribution >= 0.6 is 11.3 Å². The molecule has 8 nitrogen and oxygen atoms in total. The van der Waals surface area contributed by atoms with Crippen LogP contribution in [0.15, 0.2) is 35.7 Å². The molecule has 0 bridgehead atoms. The molecule has 0 amide bonds. The second-order valence-electron chi connectivity index (χ2n) is 5.88. The van der Waals surface area contributed by atoms with Crippen molar-refractivity contribution in [1.29, 1.82) is 0 Å². The van der Waals surface area contributed by atoms with E-state index in [2.05, 4.69) is 10.3 Å². The number of hydrogen-bond acceptors (Lipinski definition) is 9. The Hall–Kier alpha value is -2.94. The lowest BCUT2D eigenvalue weighted by Gasteiger charge is -2.26. The average molecular weight is 420 g/mol. The van der Waals surface area contributed by atoms with E-state index in [-0.39, 0.29) is 26.2 Å². The van der Waals surface area contributed by atoms with Gasteiger partial charge in [-0.3, -0.25) is 14.4 Å². The summed E-state index contributed by atoms with van der Waals surface area (Å²) >= 11 is 1.28. The van der Waals surface area contributed by atoms with Crippen molar-refractivity contribution >= 4 is 40.1 Å². The number of benzene rings is 1. The third-order valence-corrected chi connectivity index (χ3v) is 4.70. The number of aromatic nitrogens is 1. The highest BCUT2D eigenvalue weighted by Gasteiger charge is 2.57. The van der Waals surface area contributed by atoms with Crippen LogP contribution in [0.2, 0.25) is 0 Å². The average Bonchev–Trinajstić information content (AvgIpc) is 3.14. The van der Waals surface area contributed by atoms with Gasteiger partial charge in [0.05, 0.1) is 25.5 Å². The smallest absolute Gasteiger partial charge is 0.335 e. The molecule has 29 heavy (non-hydrogen) atoms. The van der Waals surface area contributed by atoms with Crippen LogP contribution in [0.4, 0.5) is 10.8 Å². The molecule has 0 unspecified atom stereocenters. The van der Waals surface area contributed by atoms with E-state index in [4.69, 9.17) is 14.2 Å². The van der Waals surface area contributed by atoms with Crippen LogP contribution < -0.4 is 5.32 Å². The quantitative estimate of drug-likeness (QED) is 0.355. The van der Waals surface area contributed by atoms with E-state index in [1.807, 2.05) is 30.3 Å². The largest absolute Gasteiger partial charge is 0.465 e. The molecule has 1 aromatic carbocycles. The van der Waals surface area contributed by atoms with Crippen LogP contribution in [0.5, 0.6) is 0 Å². The number of hydrogen-bond donors (Lipinski definition) is 1. The second kappa shape index (κ2) is 10.6. The fourth-order valence-electron chi connectivity index (χ4n) is 2.59. The number of carbonyl (C=O) groups excluding carboxylic acids is 3. The van der Waals surface area contributed by atoms with Gasteiger partial charge in [0.25, 0.3) is 5.41 Å². The molecule has 156 valence electrons.